The Hall–Kier alpha value is -2.46. The van der Waals surface area contributed by atoms with Gasteiger partial charge in [-0.1, -0.05) is 0 Å². The fourth-order valence-corrected chi connectivity index (χ4v) is 1.11. The fourth-order valence-electron chi connectivity index (χ4n) is 1.11. The molecule has 0 saturated carbocycles. The van der Waals surface area contributed by atoms with Crippen molar-refractivity contribution >= 4 is 11.6 Å². The third kappa shape index (κ3) is 3.89. The topological polar surface area (TPSA) is 73.6 Å². The van der Waals surface area contributed by atoms with Crippen molar-refractivity contribution in [1.82, 2.24) is 4.98 Å². The Morgan fingerprint density at radius 2 is 2.47 bits per heavy atom. The number of rotatable bonds is 5. The molecule has 1 aromatic rings. The van der Waals surface area contributed by atoms with E-state index in [0.29, 0.717) is 25.3 Å². The molecule has 0 radical (unpaired) electrons. The summed E-state index contributed by atoms with van der Waals surface area (Å²) in [6, 6.07) is 1.86. The maximum absolute atomic E-state index is 8.75. The monoisotopic (exact) mass is 227 g/mol. The van der Waals surface area contributed by atoms with E-state index in [0.717, 1.165) is 0 Å². The van der Waals surface area contributed by atoms with Crippen LogP contribution in [0.2, 0.25) is 0 Å². The van der Waals surface area contributed by atoms with Crippen LogP contribution in [0.1, 0.15) is 12.1 Å². The molecule has 1 aromatic heterocycles. The van der Waals surface area contributed by atoms with Crippen LogP contribution in [-0.4, -0.2) is 17.5 Å². The van der Waals surface area contributed by atoms with E-state index in [1.54, 1.807) is 12.4 Å². The second-order valence-electron chi connectivity index (χ2n) is 3.05. The lowest BCUT2D eigenvalue weighted by Gasteiger charge is -1.99. The zero-order valence-electron chi connectivity index (χ0n) is 9.18. The lowest BCUT2D eigenvalue weighted by atomic mass is 10.4. The molecule has 0 spiro atoms. The smallest absolute Gasteiger partial charge is 0.351 e. The lowest BCUT2D eigenvalue weighted by Crippen LogP contribution is -2.32. The van der Waals surface area contributed by atoms with E-state index < -0.39 is 0 Å². The Labute approximate surface area is 99.5 Å². The number of nitrogens with zero attached hydrogens (tertiary/aromatic N) is 3. The minimum Gasteiger partial charge on any atom is -0.374 e. The van der Waals surface area contributed by atoms with Gasteiger partial charge in [0.1, 0.15) is 5.69 Å². The number of nitriles is 1. The van der Waals surface area contributed by atoms with Gasteiger partial charge in [0.15, 0.2) is 18.5 Å². The number of hydrogen-bond acceptors (Lipinski definition) is 4. The van der Waals surface area contributed by atoms with Gasteiger partial charge in [0, 0.05) is 6.42 Å². The first-order chi connectivity index (χ1) is 8.31. The van der Waals surface area contributed by atoms with E-state index in [9.17, 15) is 0 Å². The third-order valence-electron chi connectivity index (χ3n) is 1.88. The van der Waals surface area contributed by atoms with Crippen molar-refractivity contribution < 1.29 is 9.30 Å². The van der Waals surface area contributed by atoms with E-state index in [1.807, 2.05) is 11.9 Å². The summed E-state index contributed by atoms with van der Waals surface area (Å²) >= 11 is 0. The van der Waals surface area contributed by atoms with Crippen molar-refractivity contribution in [2.45, 2.75) is 13.0 Å². The number of terminal acetylenes is 1. The lowest BCUT2D eigenvalue weighted by molar-refractivity contribution is -0.577. The fraction of sp³-hybridized carbons (Fsp3) is 0.250. The van der Waals surface area contributed by atoms with Gasteiger partial charge in [0.05, 0.1) is 25.3 Å². The molecule has 84 valence electrons. The molecule has 0 fully saturated rings. The SMILES string of the molecule is C#CCCOCc1c[n+](C(=C=N)C#N)ccn1. The summed E-state index contributed by atoms with van der Waals surface area (Å²) in [6.45, 7) is 0.790. The summed E-state index contributed by atoms with van der Waals surface area (Å²) in [7, 11) is 0. The largest absolute Gasteiger partial charge is 0.374 e. The van der Waals surface area contributed by atoms with Crippen LogP contribution in [0.15, 0.2) is 18.6 Å². The van der Waals surface area contributed by atoms with Gasteiger partial charge in [0.25, 0.3) is 0 Å². The van der Waals surface area contributed by atoms with Crippen molar-refractivity contribution in [3.63, 3.8) is 0 Å². The van der Waals surface area contributed by atoms with Crippen molar-refractivity contribution in [1.29, 1.82) is 10.7 Å². The molecule has 0 aliphatic rings. The van der Waals surface area contributed by atoms with Gasteiger partial charge in [-0.2, -0.15) is 5.26 Å². The summed E-state index contributed by atoms with van der Waals surface area (Å²) < 4.78 is 6.76. The van der Waals surface area contributed by atoms with Crippen LogP contribution in [-0.2, 0) is 11.3 Å². The Balaban J connectivity index is 2.71. The van der Waals surface area contributed by atoms with Crippen LogP contribution in [0, 0.1) is 29.1 Å². The minimum atomic E-state index is 0.0947. The summed E-state index contributed by atoms with van der Waals surface area (Å²) in [6.07, 6.45) is 10.4. The first-order valence-corrected chi connectivity index (χ1v) is 4.89. The standard InChI is InChI=1S/C12H11N4O/c1-2-3-6-17-10-11-9-16(5-4-15-11)12(7-13)8-14/h1,4-5,9,13H,3,6,10H2/q+1. The summed E-state index contributed by atoms with van der Waals surface area (Å²) in [4.78, 5) is 4.08. The zero-order chi connectivity index (χ0) is 12.5. The highest BCUT2D eigenvalue weighted by Crippen LogP contribution is 1.95. The Bertz CT molecular complexity index is 518. The number of aromatic nitrogens is 2. The highest BCUT2D eigenvalue weighted by atomic mass is 16.5. The highest BCUT2D eigenvalue weighted by molar-refractivity contribution is 5.80. The number of ether oxygens (including phenoxy) is 1. The molecular formula is C12H11N4O+. The van der Waals surface area contributed by atoms with E-state index in [-0.39, 0.29) is 5.70 Å². The van der Waals surface area contributed by atoms with E-state index >= 15 is 0 Å². The number of allylic oxidation sites excluding steroid dienone is 1. The van der Waals surface area contributed by atoms with Gasteiger partial charge in [-0.3, -0.25) is 5.41 Å². The van der Waals surface area contributed by atoms with Crippen LogP contribution < -0.4 is 4.57 Å². The summed E-state index contributed by atoms with van der Waals surface area (Å²) in [5.74, 6) is 4.51. The normalized spacial score (nSPS) is 8.82. The summed E-state index contributed by atoms with van der Waals surface area (Å²) in [5, 5.41) is 15.7. The van der Waals surface area contributed by atoms with Crippen molar-refractivity contribution in [2.24, 2.45) is 0 Å². The minimum absolute atomic E-state index is 0.0947. The molecule has 0 unspecified atom stereocenters. The molecule has 0 atom stereocenters. The van der Waals surface area contributed by atoms with E-state index in [2.05, 4.69) is 10.9 Å². The second kappa shape index (κ2) is 6.92. The average molecular weight is 227 g/mol. The van der Waals surface area contributed by atoms with Crippen LogP contribution in [0.25, 0.3) is 5.70 Å². The van der Waals surface area contributed by atoms with Gasteiger partial charge in [0.2, 0.25) is 0 Å². The Kier molecular flexibility index (Phi) is 5.13. The molecule has 1 rings (SSSR count). The predicted octanol–water partition coefficient (Wildman–Crippen LogP) is 0.522. The van der Waals surface area contributed by atoms with Crippen LogP contribution in [0.4, 0.5) is 0 Å². The molecule has 17 heavy (non-hydrogen) atoms. The molecular weight excluding hydrogens is 216 g/mol. The van der Waals surface area contributed by atoms with Gasteiger partial charge in [-0.05, 0) is 0 Å². The molecule has 0 amide bonds. The molecule has 0 saturated heterocycles. The maximum atomic E-state index is 8.75. The van der Waals surface area contributed by atoms with Crippen LogP contribution >= 0.6 is 0 Å². The molecule has 0 aliphatic carbocycles. The first-order valence-electron chi connectivity index (χ1n) is 4.89. The Morgan fingerprint density at radius 1 is 1.65 bits per heavy atom. The molecule has 0 aromatic carbocycles. The maximum Gasteiger partial charge on any atom is 0.351 e. The van der Waals surface area contributed by atoms with Crippen LogP contribution in [0.3, 0.4) is 0 Å². The van der Waals surface area contributed by atoms with Gasteiger partial charge in [-0.25, -0.2) is 4.98 Å². The molecule has 5 heteroatoms. The number of hydrogen-bond donors (Lipinski definition) is 1. The van der Waals surface area contributed by atoms with Crippen molar-refractivity contribution in [2.75, 3.05) is 6.61 Å². The number of nitrogens with one attached hydrogen (secondary N) is 1. The first kappa shape index (κ1) is 12.6. The molecule has 0 bridgehead atoms. The molecule has 0 aliphatic heterocycles. The van der Waals surface area contributed by atoms with E-state index in [4.69, 9.17) is 21.8 Å². The van der Waals surface area contributed by atoms with Gasteiger partial charge in [-0.15, -0.1) is 16.9 Å². The Morgan fingerprint density at radius 3 is 3.12 bits per heavy atom. The highest BCUT2D eigenvalue weighted by Gasteiger charge is 2.10. The predicted molar refractivity (Wildman–Crippen MR) is 60.6 cm³/mol. The van der Waals surface area contributed by atoms with E-state index in [1.165, 1.54) is 10.8 Å². The zero-order valence-corrected chi connectivity index (χ0v) is 9.18. The molecule has 1 heterocycles. The molecule has 5 nitrogen and oxygen atoms in total. The van der Waals surface area contributed by atoms with Gasteiger partial charge < -0.3 is 4.74 Å². The quantitative estimate of drug-likeness (QED) is 0.262. The molecule has 1 N–H and O–H groups in total. The van der Waals surface area contributed by atoms with Gasteiger partial charge >= 0.3 is 5.70 Å². The average Bonchev–Trinajstić information content (AvgIpc) is 2.37. The van der Waals surface area contributed by atoms with Crippen LogP contribution in [0.5, 0.6) is 0 Å². The van der Waals surface area contributed by atoms with Crippen molar-refractivity contribution in [3.8, 4) is 18.4 Å². The van der Waals surface area contributed by atoms with Crippen molar-refractivity contribution in [3.05, 3.63) is 24.3 Å². The summed E-state index contributed by atoms with van der Waals surface area (Å²) in [5.41, 5.74) is 0.754. The second-order valence-corrected chi connectivity index (χ2v) is 3.05. The third-order valence-corrected chi connectivity index (χ3v) is 1.88.